The molecule has 0 radical (unpaired) electrons. The number of thiophene rings is 1. The summed E-state index contributed by atoms with van der Waals surface area (Å²) in [6, 6.07) is 1.99. The van der Waals surface area contributed by atoms with Crippen LogP contribution in [0.1, 0.15) is 13.8 Å². The van der Waals surface area contributed by atoms with Crippen LogP contribution in [0.3, 0.4) is 0 Å². The van der Waals surface area contributed by atoms with Gasteiger partial charge in [-0.3, -0.25) is 4.57 Å². The Morgan fingerprint density at radius 3 is 3.05 bits per heavy atom. The second kappa shape index (κ2) is 5.86. The lowest BCUT2D eigenvalue weighted by atomic mass is 10.4. The summed E-state index contributed by atoms with van der Waals surface area (Å²) < 4.78 is 1.58. The SMILES string of the molecule is CCNc1nc(Sc2n[nH]c(=O)n2CC)c2ccsc2n1. The van der Waals surface area contributed by atoms with Crippen LogP contribution in [-0.4, -0.2) is 31.3 Å². The highest BCUT2D eigenvalue weighted by Gasteiger charge is 2.14. The molecule has 0 aliphatic heterocycles. The van der Waals surface area contributed by atoms with E-state index in [1.165, 1.54) is 11.8 Å². The standard InChI is InChI=1S/C12H14N6OS2/c1-3-13-10-14-8-7(5-6-20-8)9(15-10)21-12-17-16-11(19)18(12)4-2/h5-6H,3-4H2,1-2H3,(H,16,19)(H,13,14,15). The van der Waals surface area contributed by atoms with Crippen LogP contribution in [0.25, 0.3) is 10.2 Å². The van der Waals surface area contributed by atoms with Crippen molar-refractivity contribution < 1.29 is 0 Å². The summed E-state index contributed by atoms with van der Waals surface area (Å²) in [5.74, 6) is 0.593. The molecular formula is C12H14N6OS2. The van der Waals surface area contributed by atoms with Gasteiger partial charge in [0, 0.05) is 18.5 Å². The summed E-state index contributed by atoms with van der Waals surface area (Å²) in [4.78, 5) is 21.5. The summed E-state index contributed by atoms with van der Waals surface area (Å²) in [6.45, 7) is 5.22. The molecule has 0 unspecified atom stereocenters. The molecule has 7 nitrogen and oxygen atoms in total. The minimum Gasteiger partial charge on any atom is -0.354 e. The van der Waals surface area contributed by atoms with Crippen molar-refractivity contribution >= 4 is 39.3 Å². The Kier molecular flexibility index (Phi) is 3.93. The number of rotatable bonds is 5. The van der Waals surface area contributed by atoms with Crippen molar-refractivity contribution in [3.63, 3.8) is 0 Å². The first kappa shape index (κ1) is 14.1. The third-order valence-corrected chi connectivity index (χ3v) is 4.66. The van der Waals surface area contributed by atoms with Crippen molar-refractivity contribution in [2.45, 2.75) is 30.6 Å². The van der Waals surface area contributed by atoms with E-state index in [1.54, 1.807) is 15.9 Å². The number of hydrogen-bond acceptors (Lipinski definition) is 7. The van der Waals surface area contributed by atoms with Gasteiger partial charge in [-0.05, 0) is 37.1 Å². The molecular weight excluding hydrogens is 308 g/mol. The van der Waals surface area contributed by atoms with E-state index in [9.17, 15) is 4.79 Å². The summed E-state index contributed by atoms with van der Waals surface area (Å²) in [7, 11) is 0. The Labute approximate surface area is 128 Å². The Bertz CT molecular complexity index is 821. The third-order valence-electron chi connectivity index (χ3n) is 2.85. The van der Waals surface area contributed by atoms with Crippen molar-refractivity contribution in [3.05, 3.63) is 21.9 Å². The Hall–Kier alpha value is -1.87. The first-order valence-electron chi connectivity index (χ1n) is 6.55. The molecule has 3 rings (SSSR count). The molecule has 9 heteroatoms. The fraction of sp³-hybridized carbons (Fsp3) is 0.333. The molecule has 0 spiro atoms. The fourth-order valence-electron chi connectivity index (χ4n) is 1.89. The van der Waals surface area contributed by atoms with E-state index in [0.29, 0.717) is 17.6 Å². The lowest BCUT2D eigenvalue weighted by molar-refractivity contribution is 0.660. The molecule has 21 heavy (non-hydrogen) atoms. The van der Waals surface area contributed by atoms with E-state index in [1.807, 2.05) is 25.3 Å². The second-order valence-corrected chi connectivity index (χ2v) is 6.03. The van der Waals surface area contributed by atoms with Gasteiger partial charge in [0.25, 0.3) is 0 Å². The highest BCUT2D eigenvalue weighted by atomic mass is 32.2. The molecule has 0 aliphatic carbocycles. The molecule has 0 saturated carbocycles. The van der Waals surface area contributed by atoms with E-state index < -0.39 is 0 Å². The maximum atomic E-state index is 11.6. The summed E-state index contributed by atoms with van der Waals surface area (Å²) >= 11 is 2.94. The molecule has 3 aromatic heterocycles. The molecule has 3 heterocycles. The molecule has 0 aliphatic rings. The van der Waals surface area contributed by atoms with Gasteiger partial charge in [0.05, 0.1) is 0 Å². The van der Waals surface area contributed by atoms with Crippen LogP contribution >= 0.6 is 23.1 Å². The molecule has 0 fully saturated rings. The van der Waals surface area contributed by atoms with Gasteiger partial charge in [0.2, 0.25) is 5.95 Å². The number of anilines is 1. The molecule has 0 bridgehead atoms. The van der Waals surface area contributed by atoms with Gasteiger partial charge < -0.3 is 5.32 Å². The van der Waals surface area contributed by atoms with Crippen molar-refractivity contribution in [3.8, 4) is 0 Å². The minimum atomic E-state index is -0.206. The van der Waals surface area contributed by atoms with Gasteiger partial charge in [-0.2, -0.15) is 0 Å². The van der Waals surface area contributed by atoms with Crippen LogP contribution in [0.5, 0.6) is 0 Å². The highest BCUT2D eigenvalue weighted by Crippen LogP contribution is 2.32. The first-order chi connectivity index (χ1) is 10.2. The fourth-order valence-corrected chi connectivity index (χ4v) is 3.71. The number of nitrogens with zero attached hydrogens (tertiary/aromatic N) is 4. The molecule has 0 saturated heterocycles. The summed E-state index contributed by atoms with van der Waals surface area (Å²) in [5.41, 5.74) is -0.206. The second-order valence-electron chi connectivity index (χ2n) is 4.18. The smallest absolute Gasteiger partial charge is 0.343 e. The number of hydrogen-bond donors (Lipinski definition) is 2. The van der Waals surface area contributed by atoms with E-state index in [4.69, 9.17) is 0 Å². The molecule has 0 amide bonds. The number of aromatic amines is 1. The van der Waals surface area contributed by atoms with Gasteiger partial charge in [-0.15, -0.1) is 16.4 Å². The molecule has 110 valence electrons. The zero-order valence-corrected chi connectivity index (χ0v) is 13.2. The van der Waals surface area contributed by atoms with Gasteiger partial charge in [-0.25, -0.2) is 19.9 Å². The molecule has 0 atom stereocenters. The summed E-state index contributed by atoms with van der Waals surface area (Å²) in [6.07, 6.45) is 0. The maximum Gasteiger partial charge on any atom is 0.343 e. The van der Waals surface area contributed by atoms with E-state index >= 15 is 0 Å². The van der Waals surface area contributed by atoms with Crippen molar-refractivity contribution in [1.82, 2.24) is 24.7 Å². The average Bonchev–Trinajstić information content (AvgIpc) is 3.06. The van der Waals surface area contributed by atoms with Gasteiger partial charge in [-0.1, -0.05) is 0 Å². The molecule has 3 aromatic rings. The number of nitrogens with one attached hydrogen (secondary N) is 2. The van der Waals surface area contributed by atoms with Gasteiger partial charge in [0.15, 0.2) is 5.16 Å². The maximum absolute atomic E-state index is 11.6. The van der Waals surface area contributed by atoms with E-state index in [0.717, 1.165) is 21.8 Å². The first-order valence-corrected chi connectivity index (χ1v) is 8.24. The Balaban J connectivity index is 2.06. The van der Waals surface area contributed by atoms with E-state index in [-0.39, 0.29) is 5.69 Å². The van der Waals surface area contributed by atoms with E-state index in [2.05, 4.69) is 25.5 Å². The lowest BCUT2D eigenvalue weighted by Gasteiger charge is -2.06. The monoisotopic (exact) mass is 322 g/mol. The zero-order valence-electron chi connectivity index (χ0n) is 11.6. The average molecular weight is 322 g/mol. The molecule has 2 N–H and O–H groups in total. The largest absolute Gasteiger partial charge is 0.354 e. The van der Waals surface area contributed by atoms with Gasteiger partial charge in [0.1, 0.15) is 9.86 Å². The quantitative estimate of drug-likeness (QED) is 0.700. The van der Waals surface area contributed by atoms with Crippen LogP contribution in [0.15, 0.2) is 26.4 Å². The normalized spacial score (nSPS) is 11.1. The van der Waals surface area contributed by atoms with Crippen LogP contribution < -0.4 is 11.0 Å². The highest BCUT2D eigenvalue weighted by molar-refractivity contribution is 7.99. The predicted octanol–water partition coefficient (Wildman–Crippen LogP) is 2.18. The van der Waals surface area contributed by atoms with Gasteiger partial charge >= 0.3 is 5.69 Å². The number of aromatic nitrogens is 5. The van der Waals surface area contributed by atoms with Crippen LogP contribution in [0.2, 0.25) is 0 Å². The number of H-pyrrole nitrogens is 1. The zero-order chi connectivity index (χ0) is 14.8. The Morgan fingerprint density at radius 1 is 1.43 bits per heavy atom. The third kappa shape index (κ3) is 2.66. The predicted molar refractivity (Wildman–Crippen MR) is 84.2 cm³/mol. The molecule has 0 aromatic carbocycles. The van der Waals surface area contributed by atoms with Crippen molar-refractivity contribution in [2.24, 2.45) is 0 Å². The summed E-state index contributed by atoms with van der Waals surface area (Å²) in [5, 5.41) is 14.0. The lowest BCUT2D eigenvalue weighted by Crippen LogP contribution is -2.16. The number of fused-ring (bicyclic) bond motifs is 1. The Morgan fingerprint density at radius 2 is 2.29 bits per heavy atom. The van der Waals surface area contributed by atoms with Crippen molar-refractivity contribution in [1.29, 1.82) is 0 Å². The minimum absolute atomic E-state index is 0.206. The van der Waals surface area contributed by atoms with Crippen molar-refractivity contribution in [2.75, 3.05) is 11.9 Å². The topological polar surface area (TPSA) is 88.5 Å². The van der Waals surface area contributed by atoms with Crippen LogP contribution in [0.4, 0.5) is 5.95 Å². The van der Waals surface area contributed by atoms with Crippen LogP contribution in [-0.2, 0) is 6.54 Å². The van der Waals surface area contributed by atoms with Crippen LogP contribution in [0, 0.1) is 0 Å².